The summed E-state index contributed by atoms with van der Waals surface area (Å²) in [7, 11) is 1.92. The molecule has 0 spiro atoms. The number of carbonyl (C=O) groups excluding carboxylic acids is 1. The van der Waals surface area contributed by atoms with Crippen LogP contribution in [0, 0.1) is 0 Å². The van der Waals surface area contributed by atoms with E-state index in [2.05, 4.69) is 15.0 Å². The predicted molar refractivity (Wildman–Crippen MR) is 83.5 cm³/mol. The maximum atomic E-state index is 13.8. The number of aryl methyl sites for hydroxylation is 1. The van der Waals surface area contributed by atoms with Gasteiger partial charge in [0.25, 0.3) is 0 Å². The summed E-state index contributed by atoms with van der Waals surface area (Å²) in [6.45, 7) is 0. The Bertz CT molecular complexity index is 914. The van der Waals surface area contributed by atoms with Crippen molar-refractivity contribution in [3.8, 4) is 11.3 Å². The van der Waals surface area contributed by atoms with Crippen molar-refractivity contribution in [1.29, 1.82) is 0 Å². The number of Topliss-reactive ketones (excluding diaryl/α,β-unsaturated/α-hetero) is 1. The normalized spacial score (nSPS) is 15.7. The number of alkyl halides is 1. The Balaban J connectivity index is 1.69. The topological polar surface area (TPSA) is 60.7 Å². The van der Waals surface area contributed by atoms with Crippen molar-refractivity contribution in [3.05, 3.63) is 42.7 Å². The largest absolute Gasteiger partial charge is 0.334 e. The van der Waals surface area contributed by atoms with Gasteiger partial charge in [0.05, 0.1) is 36.4 Å². The summed E-state index contributed by atoms with van der Waals surface area (Å²) < 4.78 is 15.7. The molecule has 0 aromatic carbocycles. The first-order valence-corrected chi connectivity index (χ1v) is 7.49. The number of rotatable bonds is 4. The zero-order valence-electron chi connectivity index (χ0n) is 12.7. The highest BCUT2D eigenvalue weighted by Crippen LogP contribution is 2.41. The Morgan fingerprint density at radius 3 is 2.78 bits per heavy atom. The van der Waals surface area contributed by atoms with Crippen LogP contribution in [0.25, 0.3) is 22.2 Å². The second kappa shape index (κ2) is 4.94. The van der Waals surface area contributed by atoms with E-state index in [0.717, 1.165) is 22.2 Å². The van der Waals surface area contributed by atoms with Gasteiger partial charge in [0.15, 0.2) is 11.5 Å². The summed E-state index contributed by atoms with van der Waals surface area (Å²) in [5.74, 6) is -0.375. The fourth-order valence-electron chi connectivity index (χ4n) is 2.66. The van der Waals surface area contributed by atoms with Crippen LogP contribution in [0.15, 0.2) is 37.1 Å². The average Bonchev–Trinajstić information content (AvgIpc) is 3.15. The summed E-state index contributed by atoms with van der Waals surface area (Å²) in [4.78, 5) is 24.6. The summed E-state index contributed by atoms with van der Waals surface area (Å²) in [6, 6.07) is 3.79. The minimum Gasteiger partial charge on any atom is -0.334 e. The third-order valence-corrected chi connectivity index (χ3v) is 4.27. The van der Waals surface area contributed by atoms with E-state index >= 15 is 0 Å². The van der Waals surface area contributed by atoms with Gasteiger partial charge in [-0.15, -0.1) is 0 Å². The molecule has 3 aromatic rings. The molecule has 0 aliphatic heterocycles. The number of imidazole rings is 1. The SMILES string of the molecule is Cn1cncc1-c1cnc2cnc(CC(=O)C3(F)CC3)cc2c1. The van der Waals surface area contributed by atoms with Crippen molar-refractivity contribution < 1.29 is 9.18 Å². The van der Waals surface area contributed by atoms with Crippen molar-refractivity contribution in [2.24, 2.45) is 7.05 Å². The van der Waals surface area contributed by atoms with Gasteiger partial charge in [0, 0.05) is 29.9 Å². The number of hydrogen-bond acceptors (Lipinski definition) is 4. The van der Waals surface area contributed by atoms with Crippen LogP contribution < -0.4 is 0 Å². The number of aromatic nitrogens is 4. The molecule has 0 bridgehead atoms. The van der Waals surface area contributed by atoms with E-state index in [1.807, 2.05) is 23.7 Å². The van der Waals surface area contributed by atoms with Gasteiger partial charge >= 0.3 is 0 Å². The molecule has 5 nitrogen and oxygen atoms in total. The van der Waals surface area contributed by atoms with Crippen LogP contribution in [0.4, 0.5) is 4.39 Å². The highest BCUT2D eigenvalue weighted by Gasteiger charge is 2.49. The molecule has 4 rings (SSSR count). The molecule has 0 radical (unpaired) electrons. The molecule has 0 atom stereocenters. The van der Waals surface area contributed by atoms with Crippen LogP contribution in [0.1, 0.15) is 18.5 Å². The summed E-state index contributed by atoms with van der Waals surface area (Å²) in [5.41, 5.74) is 1.61. The number of halogens is 1. The van der Waals surface area contributed by atoms with Gasteiger partial charge in [-0.2, -0.15) is 0 Å². The van der Waals surface area contributed by atoms with Crippen molar-refractivity contribution >= 4 is 16.7 Å². The van der Waals surface area contributed by atoms with E-state index < -0.39 is 5.67 Å². The molecular weight excluding hydrogens is 295 g/mol. The molecule has 3 heterocycles. The maximum Gasteiger partial charge on any atom is 0.175 e. The Kier molecular flexibility index (Phi) is 3.01. The third-order valence-electron chi connectivity index (χ3n) is 4.27. The average molecular weight is 310 g/mol. The van der Waals surface area contributed by atoms with Crippen molar-refractivity contribution in [3.63, 3.8) is 0 Å². The van der Waals surface area contributed by atoms with Crippen molar-refractivity contribution in [2.45, 2.75) is 24.9 Å². The lowest BCUT2D eigenvalue weighted by molar-refractivity contribution is -0.124. The lowest BCUT2D eigenvalue weighted by Gasteiger charge is -2.07. The van der Waals surface area contributed by atoms with E-state index in [1.54, 1.807) is 24.9 Å². The smallest absolute Gasteiger partial charge is 0.175 e. The molecule has 0 unspecified atom stereocenters. The Hall–Kier alpha value is -2.63. The second-order valence-corrected chi connectivity index (χ2v) is 6.05. The minimum atomic E-state index is -1.61. The highest BCUT2D eigenvalue weighted by atomic mass is 19.1. The molecular formula is C17H15FN4O. The van der Waals surface area contributed by atoms with Crippen LogP contribution in [0.2, 0.25) is 0 Å². The zero-order chi connectivity index (χ0) is 16.0. The number of ketones is 1. The quantitative estimate of drug-likeness (QED) is 0.743. The molecule has 1 saturated carbocycles. The first kappa shape index (κ1) is 14.0. The van der Waals surface area contributed by atoms with Gasteiger partial charge < -0.3 is 4.57 Å². The highest BCUT2D eigenvalue weighted by molar-refractivity contribution is 5.92. The lowest BCUT2D eigenvalue weighted by Crippen LogP contribution is -2.19. The summed E-state index contributed by atoms with van der Waals surface area (Å²) in [6.07, 6.45) is 7.61. The molecule has 1 aliphatic carbocycles. The fraction of sp³-hybridized carbons (Fsp3) is 0.294. The number of carbonyl (C=O) groups is 1. The Labute approximate surface area is 132 Å². The number of nitrogens with zero attached hydrogens (tertiary/aromatic N) is 4. The van der Waals surface area contributed by atoms with E-state index in [4.69, 9.17) is 0 Å². The van der Waals surface area contributed by atoms with E-state index in [1.165, 1.54) is 0 Å². The number of hydrogen-bond donors (Lipinski definition) is 0. The maximum absolute atomic E-state index is 13.8. The van der Waals surface area contributed by atoms with Crippen LogP contribution in [-0.2, 0) is 18.3 Å². The van der Waals surface area contributed by atoms with Gasteiger partial charge in [-0.05, 0) is 25.0 Å². The Morgan fingerprint density at radius 1 is 1.26 bits per heavy atom. The molecule has 6 heteroatoms. The van der Waals surface area contributed by atoms with Gasteiger partial charge in [-0.1, -0.05) is 0 Å². The van der Waals surface area contributed by atoms with E-state index in [-0.39, 0.29) is 12.2 Å². The van der Waals surface area contributed by atoms with Gasteiger partial charge in [-0.3, -0.25) is 14.8 Å². The number of pyridine rings is 2. The summed E-state index contributed by atoms with van der Waals surface area (Å²) in [5, 5.41) is 0.880. The van der Waals surface area contributed by atoms with Crippen LogP contribution >= 0.6 is 0 Å². The van der Waals surface area contributed by atoms with Gasteiger partial charge in [-0.25, -0.2) is 9.37 Å². The third kappa shape index (κ3) is 2.50. The molecule has 23 heavy (non-hydrogen) atoms. The van der Waals surface area contributed by atoms with Crippen molar-refractivity contribution in [2.75, 3.05) is 0 Å². The summed E-state index contributed by atoms with van der Waals surface area (Å²) >= 11 is 0. The molecule has 1 fully saturated rings. The molecule has 0 saturated heterocycles. The Morgan fingerprint density at radius 2 is 2.09 bits per heavy atom. The molecule has 116 valence electrons. The van der Waals surface area contributed by atoms with Gasteiger partial charge in [0.2, 0.25) is 0 Å². The first-order valence-electron chi connectivity index (χ1n) is 7.49. The zero-order valence-corrected chi connectivity index (χ0v) is 12.7. The van der Waals surface area contributed by atoms with Crippen LogP contribution in [0.5, 0.6) is 0 Å². The molecule has 0 N–H and O–H groups in total. The fourth-order valence-corrected chi connectivity index (χ4v) is 2.66. The van der Waals surface area contributed by atoms with Crippen molar-refractivity contribution in [1.82, 2.24) is 19.5 Å². The first-order chi connectivity index (χ1) is 11.0. The van der Waals surface area contributed by atoms with E-state index in [9.17, 15) is 9.18 Å². The van der Waals surface area contributed by atoms with Gasteiger partial charge in [0.1, 0.15) is 0 Å². The van der Waals surface area contributed by atoms with Crippen LogP contribution in [-0.4, -0.2) is 31.0 Å². The minimum absolute atomic E-state index is 0.0301. The van der Waals surface area contributed by atoms with E-state index in [0.29, 0.717) is 18.5 Å². The molecule has 0 amide bonds. The lowest BCUT2D eigenvalue weighted by atomic mass is 10.1. The van der Waals surface area contributed by atoms with Crippen LogP contribution in [0.3, 0.4) is 0 Å². The monoisotopic (exact) mass is 310 g/mol. The molecule has 1 aliphatic rings. The molecule has 3 aromatic heterocycles. The standard InChI is InChI=1S/C17H15FN4O/c1-22-10-19-9-15(22)12-4-11-5-13(20-8-14(11)21-7-12)6-16(23)17(18)2-3-17/h4-5,7-10H,2-3,6H2,1H3. The predicted octanol–water partition coefficient (Wildman–Crippen LogP) is 2.64. The second-order valence-electron chi connectivity index (χ2n) is 6.05. The number of fused-ring (bicyclic) bond motifs is 1.